The normalized spacial score (nSPS) is 16.4. The second kappa shape index (κ2) is 11.8. The Morgan fingerprint density at radius 2 is 1.60 bits per heavy atom. The second-order valence-electron chi connectivity index (χ2n) is 10.4. The van der Waals surface area contributed by atoms with Gasteiger partial charge in [0, 0.05) is 61.5 Å². The molecular weight excluding hydrogens is 598 g/mol. The third-order valence-corrected chi connectivity index (χ3v) is 9.43. The summed E-state index contributed by atoms with van der Waals surface area (Å²) < 4.78 is 2.26. The lowest BCUT2D eigenvalue weighted by Crippen LogP contribution is -2.29. The summed E-state index contributed by atoms with van der Waals surface area (Å²) in [5.74, 6) is 0. The molecule has 7 nitrogen and oxygen atoms in total. The highest BCUT2D eigenvalue weighted by atomic mass is 35.5. The fourth-order valence-corrected chi connectivity index (χ4v) is 7.16. The highest BCUT2D eigenvalue weighted by Crippen LogP contribution is 2.46. The Labute approximate surface area is 264 Å². The number of nitro benzene ring substituents is 1. The Morgan fingerprint density at radius 1 is 0.907 bits per heavy atom. The number of non-ortho nitro benzene ring substituents is 1. The molecule has 5 aromatic rings. The number of hydrogen-bond donors (Lipinski definition) is 1. The van der Waals surface area contributed by atoms with Crippen molar-refractivity contribution < 1.29 is 4.92 Å². The van der Waals surface area contributed by atoms with E-state index in [0.717, 1.165) is 38.2 Å². The Morgan fingerprint density at radius 3 is 2.23 bits per heavy atom. The highest BCUT2D eigenvalue weighted by molar-refractivity contribution is 7.99. The summed E-state index contributed by atoms with van der Waals surface area (Å²) in [4.78, 5) is 19.5. The van der Waals surface area contributed by atoms with Gasteiger partial charge >= 0.3 is 0 Å². The van der Waals surface area contributed by atoms with E-state index in [9.17, 15) is 10.1 Å². The number of pyridine rings is 1. The molecule has 0 unspecified atom stereocenters. The van der Waals surface area contributed by atoms with Crippen molar-refractivity contribution in [3.63, 3.8) is 0 Å². The smallest absolute Gasteiger partial charge is 0.269 e. The molecule has 216 valence electrons. The third kappa shape index (κ3) is 5.51. The number of hydrogen-bond acceptors (Lipinski definition) is 5. The van der Waals surface area contributed by atoms with Crippen molar-refractivity contribution in [2.75, 3.05) is 4.90 Å². The van der Waals surface area contributed by atoms with Crippen molar-refractivity contribution in [1.82, 2.24) is 14.9 Å². The lowest BCUT2D eigenvalue weighted by atomic mass is 9.93. The number of nitrogens with one attached hydrogen (secondary N) is 1. The lowest BCUT2D eigenvalue weighted by molar-refractivity contribution is -0.384. The van der Waals surface area contributed by atoms with Crippen LogP contribution in [-0.4, -0.2) is 19.6 Å². The minimum Gasteiger partial charge on any atom is -0.351 e. The summed E-state index contributed by atoms with van der Waals surface area (Å²) in [6.45, 7) is 6.45. The van der Waals surface area contributed by atoms with Crippen LogP contribution < -0.4 is 10.2 Å². The van der Waals surface area contributed by atoms with Gasteiger partial charge in [0.1, 0.15) is 0 Å². The van der Waals surface area contributed by atoms with E-state index in [1.807, 2.05) is 42.6 Å². The van der Waals surface area contributed by atoms with Crippen LogP contribution in [0, 0.1) is 30.9 Å². The molecule has 0 spiro atoms. The molecule has 3 aromatic carbocycles. The van der Waals surface area contributed by atoms with Gasteiger partial charge in [-0.25, -0.2) is 0 Å². The van der Waals surface area contributed by atoms with Crippen molar-refractivity contribution in [2.45, 2.75) is 42.6 Å². The zero-order valence-corrected chi connectivity index (χ0v) is 26.1. The van der Waals surface area contributed by atoms with Gasteiger partial charge in [-0.05, 0) is 105 Å². The maximum atomic E-state index is 11.0. The van der Waals surface area contributed by atoms with Crippen LogP contribution in [0.3, 0.4) is 0 Å². The highest BCUT2D eigenvalue weighted by Gasteiger charge is 2.43. The fourth-order valence-electron chi connectivity index (χ4n) is 5.82. The van der Waals surface area contributed by atoms with E-state index < -0.39 is 0 Å². The van der Waals surface area contributed by atoms with Gasteiger partial charge < -0.3 is 14.8 Å². The zero-order chi connectivity index (χ0) is 30.2. The van der Waals surface area contributed by atoms with E-state index in [-0.39, 0.29) is 22.7 Å². The second-order valence-corrected chi connectivity index (χ2v) is 12.3. The molecule has 2 aromatic heterocycles. The number of nitrogens with zero attached hydrogens (tertiary/aromatic N) is 4. The van der Waals surface area contributed by atoms with Crippen LogP contribution in [0.4, 0.5) is 11.4 Å². The van der Waals surface area contributed by atoms with Crippen molar-refractivity contribution in [1.29, 1.82) is 0 Å². The molecule has 10 heteroatoms. The van der Waals surface area contributed by atoms with Gasteiger partial charge in [-0.1, -0.05) is 35.5 Å². The molecule has 1 saturated heterocycles. The molecular formula is C33H28ClN5O2S2. The third-order valence-electron chi connectivity index (χ3n) is 7.87. The summed E-state index contributed by atoms with van der Waals surface area (Å²) in [6.07, 6.45) is 1.81. The number of thiocarbonyl (C=S) groups is 1. The summed E-state index contributed by atoms with van der Waals surface area (Å²) in [5, 5.41) is 15.9. The average Bonchev–Trinajstić information content (AvgIpc) is 3.45. The summed E-state index contributed by atoms with van der Waals surface area (Å²) in [6, 6.07) is 28.4. The minimum atomic E-state index is -0.390. The molecule has 2 atom stereocenters. The Balaban J connectivity index is 1.40. The van der Waals surface area contributed by atoms with Gasteiger partial charge in [-0.3, -0.25) is 15.1 Å². The number of rotatable bonds is 7. The summed E-state index contributed by atoms with van der Waals surface area (Å²) in [5.41, 5.74) is 7.59. The average molecular weight is 626 g/mol. The van der Waals surface area contributed by atoms with Crippen molar-refractivity contribution in [3.05, 3.63) is 141 Å². The van der Waals surface area contributed by atoms with E-state index in [2.05, 4.69) is 65.9 Å². The maximum Gasteiger partial charge on any atom is 0.269 e. The number of nitro groups is 1. The fraction of sp³-hybridized carbons (Fsp3) is 0.152. The number of aromatic nitrogens is 2. The van der Waals surface area contributed by atoms with E-state index >= 15 is 0 Å². The first-order valence-corrected chi connectivity index (χ1v) is 15.3. The van der Waals surface area contributed by atoms with Crippen LogP contribution >= 0.6 is 35.6 Å². The Kier molecular flexibility index (Phi) is 7.96. The predicted molar refractivity (Wildman–Crippen MR) is 177 cm³/mol. The van der Waals surface area contributed by atoms with Gasteiger partial charge in [-0.15, -0.1) is 0 Å². The molecule has 0 amide bonds. The van der Waals surface area contributed by atoms with Gasteiger partial charge in [0.05, 0.1) is 22.7 Å². The van der Waals surface area contributed by atoms with Gasteiger partial charge in [0.25, 0.3) is 5.69 Å². The van der Waals surface area contributed by atoms with Crippen LogP contribution in [0.1, 0.15) is 40.3 Å². The number of halogens is 1. The molecule has 43 heavy (non-hydrogen) atoms. The van der Waals surface area contributed by atoms with Crippen LogP contribution in [0.2, 0.25) is 5.02 Å². The van der Waals surface area contributed by atoms with E-state index in [4.69, 9.17) is 28.8 Å². The number of benzene rings is 3. The Bertz CT molecular complexity index is 1830. The van der Waals surface area contributed by atoms with Crippen molar-refractivity contribution >= 4 is 52.1 Å². The summed E-state index contributed by atoms with van der Waals surface area (Å²) in [7, 11) is 0. The molecule has 6 rings (SSSR count). The largest absolute Gasteiger partial charge is 0.351 e. The number of anilines is 1. The predicted octanol–water partition coefficient (Wildman–Crippen LogP) is 8.69. The topological polar surface area (TPSA) is 76.2 Å². The van der Waals surface area contributed by atoms with Crippen LogP contribution in [0.25, 0.3) is 5.69 Å². The monoisotopic (exact) mass is 625 g/mol. The molecule has 0 saturated carbocycles. The van der Waals surface area contributed by atoms with Crippen LogP contribution in [0.15, 0.2) is 107 Å². The molecule has 0 radical (unpaired) electrons. The Hall–Kier alpha value is -4.18. The first-order chi connectivity index (χ1) is 20.7. The molecule has 1 N–H and O–H groups in total. The lowest BCUT2D eigenvalue weighted by Gasteiger charge is -2.29. The van der Waals surface area contributed by atoms with Gasteiger partial charge in [-0.2, -0.15) is 0 Å². The first kappa shape index (κ1) is 28.9. The van der Waals surface area contributed by atoms with Crippen molar-refractivity contribution in [2.24, 2.45) is 0 Å². The van der Waals surface area contributed by atoms with Gasteiger partial charge in [0.15, 0.2) is 5.11 Å². The van der Waals surface area contributed by atoms with E-state index in [1.54, 1.807) is 23.9 Å². The molecule has 0 bridgehead atoms. The quantitative estimate of drug-likeness (QED) is 0.110. The summed E-state index contributed by atoms with van der Waals surface area (Å²) >= 11 is 13.9. The zero-order valence-electron chi connectivity index (χ0n) is 23.7. The molecule has 1 aliphatic rings. The van der Waals surface area contributed by atoms with E-state index in [0.29, 0.717) is 10.1 Å². The SMILES string of the molecule is Cc1c([C@@H]2[C@@H](c3ccccn3)NC(=S)N2c2ccc(Sc3ccc([N+](=O)[O-])cc3)cc2)c(C)n(-c2cccc(Cl)c2)c1C. The minimum absolute atomic E-state index is 0.0771. The van der Waals surface area contributed by atoms with E-state index in [1.165, 1.54) is 23.3 Å². The van der Waals surface area contributed by atoms with Gasteiger partial charge in [0.2, 0.25) is 0 Å². The molecule has 1 aliphatic heterocycles. The van der Waals surface area contributed by atoms with Crippen molar-refractivity contribution in [3.8, 4) is 5.69 Å². The van der Waals surface area contributed by atoms with Crippen LogP contribution in [0.5, 0.6) is 0 Å². The first-order valence-electron chi connectivity index (χ1n) is 13.7. The molecule has 0 aliphatic carbocycles. The standard InChI is InChI=1S/C33H28ClN5O2S2/c1-20-21(2)37(26-8-6-7-23(34)19-26)22(3)30(20)32-31(29-9-4-5-18-35-29)36-33(42)38(32)24-10-14-27(15-11-24)43-28-16-12-25(13-17-28)39(40)41/h4-19,31-32H,1-3H3,(H,36,42)/t31-,32-/m1/s1. The maximum absolute atomic E-state index is 11.0. The van der Waals surface area contributed by atoms with Crippen LogP contribution in [-0.2, 0) is 0 Å². The molecule has 3 heterocycles. The molecule has 1 fully saturated rings.